The Morgan fingerprint density at radius 1 is 1.35 bits per heavy atom. The normalized spacial score (nSPS) is 16.0. The third kappa shape index (κ3) is 3.37. The molecule has 0 saturated heterocycles. The molecule has 0 aliphatic heterocycles. The predicted molar refractivity (Wildman–Crippen MR) is 68.0 cm³/mol. The number of hydrogen-bond donors (Lipinski definition) is 3. The molecule has 2 rings (SSSR count). The molecule has 108 valence electrons. The molecule has 0 aromatic carbocycles. The van der Waals surface area contributed by atoms with E-state index in [0.29, 0.717) is 12.8 Å². The van der Waals surface area contributed by atoms with Gasteiger partial charge in [0.1, 0.15) is 0 Å². The molecule has 0 spiro atoms. The summed E-state index contributed by atoms with van der Waals surface area (Å²) in [5, 5.41) is 14.0. The lowest BCUT2D eigenvalue weighted by atomic mass is 9.74. The minimum Gasteiger partial charge on any atom is -0.481 e. The van der Waals surface area contributed by atoms with Gasteiger partial charge in [0.05, 0.1) is 24.8 Å². The molecule has 0 bridgehead atoms. The molecule has 1 saturated carbocycles. The van der Waals surface area contributed by atoms with E-state index in [1.807, 2.05) is 0 Å². The average molecular weight is 280 g/mol. The summed E-state index contributed by atoms with van der Waals surface area (Å²) < 4.78 is 4.89. The van der Waals surface area contributed by atoms with Crippen LogP contribution in [0.25, 0.3) is 0 Å². The van der Waals surface area contributed by atoms with Gasteiger partial charge in [0, 0.05) is 0 Å². The highest BCUT2D eigenvalue weighted by atomic mass is 16.4. The highest BCUT2D eigenvalue weighted by molar-refractivity contribution is 5.94. The van der Waals surface area contributed by atoms with Crippen LogP contribution in [-0.4, -0.2) is 35.0 Å². The van der Waals surface area contributed by atoms with Gasteiger partial charge in [0.25, 0.3) is 5.91 Å². The molecule has 3 N–H and O–H groups in total. The lowest BCUT2D eigenvalue weighted by molar-refractivity contribution is -0.140. The van der Waals surface area contributed by atoms with Gasteiger partial charge < -0.3 is 20.2 Å². The van der Waals surface area contributed by atoms with E-state index < -0.39 is 23.3 Å². The van der Waals surface area contributed by atoms with Crippen molar-refractivity contribution in [3.05, 3.63) is 24.2 Å². The van der Waals surface area contributed by atoms with E-state index in [0.717, 1.165) is 6.42 Å². The number of aliphatic carboxylic acids is 1. The number of furan rings is 1. The SMILES string of the molecule is O=C(O)CC1(NC(=O)CNC(=O)c2ccco2)CCC1. The van der Waals surface area contributed by atoms with Crippen LogP contribution in [0.2, 0.25) is 0 Å². The van der Waals surface area contributed by atoms with Gasteiger partial charge >= 0.3 is 5.97 Å². The first-order valence-electron chi connectivity index (χ1n) is 6.35. The monoisotopic (exact) mass is 280 g/mol. The predicted octanol–water partition coefficient (Wildman–Crippen LogP) is 0.523. The molecular formula is C13H16N2O5. The van der Waals surface area contributed by atoms with Crippen molar-refractivity contribution in [2.24, 2.45) is 0 Å². The summed E-state index contributed by atoms with van der Waals surface area (Å²) >= 11 is 0. The number of amides is 2. The Balaban J connectivity index is 1.80. The van der Waals surface area contributed by atoms with Crippen LogP contribution < -0.4 is 10.6 Å². The summed E-state index contributed by atoms with van der Waals surface area (Å²) in [6.45, 7) is -0.207. The molecule has 0 unspecified atom stereocenters. The number of carbonyl (C=O) groups excluding carboxylic acids is 2. The molecule has 0 radical (unpaired) electrons. The van der Waals surface area contributed by atoms with Gasteiger partial charge in [-0.05, 0) is 31.4 Å². The van der Waals surface area contributed by atoms with E-state index in [-0.39, 0.29) is 18.7 Å². The van der Waals surface area contributed by atoms with E-state index in [9.17, 15) is 14.4 Å². The van der Waals surface area contributed by atoms with Gasteiger partial charge in [-0.3, -0.25) is 14.4 Å². The fraction of sp³-hybridized carbons (Fsp3) is 0.462. The van der Waals surface area contributed by atoms with Crippen LogP contribution in [0.1, 0.15) is 36.2 Å². The van der Waals surface area contributed by atoms with E-state index in [2.05, 4.69) is 10.6 Å². The van der Waals surface area contributed by atoms with Gasteiger partial charge in [-0.2, -0.15) is 0 Å². The molecule has 7 heteroatoms. The van der Waals surface area contributed by atoms with Crippen LogP contribution in [0.5, 0.6) is 0 Å². The summed E-state index contributed by atoms with van der Waals surface area (Å²) in [5.41, 5.74) is -0.654. The maximum absolute atomic E-state index is 11.8. The number of nitrogens with one attached hydrogen (secondary N) is 2. The van der Waals surface area contributed by atoms with Crippen molar-refractivity contribution >= 4 is 17.8 Å². The van der Waals surface area contributed by atoms with Gasteiger partial charge in [-0.1, -0.05) is 0 Å². The second-order valence-corrected chi connectivity index (χ2v) is 4.91. The highest BCUT2D eigenvalue weighted by Gasteiger charge is 2.40. The van der Waals surface area contributed by atoms with E-state index in [1.165, 1.54) is 12.3 Å². The van der Waals surface area contributed by atoms with Crippen molar-refractivity contribution in [1.29, 1.82) is 0 Å². The Morgan fingerprint density at radius 3 is 2.60 bits per heavy atom. The van der Waals surface area contributed by atoms with E-state index >= 15 is 0 Å². The molecule has 1 aromatic rings. The van der Waals surface area contributed by atoms with Crippen molar-refractivity contribution < 1.29 is 23.9 Å². The van der Waals surface area contributed by atoms with Gasteiger partial charge in [0.2, 0.25) is 5.91 Å². The van der Waals surface area contributed by atoms with Crippen molar-refractivity contribution in [2.45, 2.75) is 31.2 Å². The second-order valence-electron chi connectivity index (χ2n) is 4.91. The number of hydrogen-bond acceptors (Lipinski definition) is 4. The van der Waals surface area contributed by atoms with Crippen molar-refractivity contribution in [1.82, 2.24) is 10.6 Å². The summed E-state index contributed by atoms with van der Waals surface area (Å²) in [4.78, 5) is 34.1. The lowest BCUT2D eigenvalue weighted by Crippen LogP contribution is -2.56. The first-order chi connectivity index (χ1) is 9.51. The third-order valence-electron chi connectivity index (χ3n) is 3.36. The summed E-state index contributed by atoms with van der Waals surface area (Å²) in [6.07, 6.45) is 3.47. The Labute approximate surface area is 115 Å². The fourth-order valence-corrected chi connectivity index (χ4v) is 2.23. The molecule has 1 aromatic heterocycles. The molecule has 0 atom stereocenters. The zero-order valence-electron chi connectivity index (χ0n) is 10.8. The van der Waals surface area contributed by atoms with Crippen LogP contribution in [0.15, 0.2) is 22.8 Å². The van der Waals surface area contributed by atoms with Gasteiger partial charge in [0.15, 0.2) is 5.76 Å². The summed E-state index contributed by atoms with van der Waals surface area (Å²) in [7, 11) is 0. The van der Waals surface area contributed by atoms with Crippen molar-refractivity contribution in [3.63, 3.8) is 0 Å². The number of carboxylic acids is 1. The Bertz CT molecular complexity index is 505. The quantitative estimate of drug-likeness (QED) is 0.704. The van der Waals surface area contributed by atoms with Gasteiger partial charge in [-0.25, -0.2) is 0 Å². The largest absolute Gasteiger partial charge is 0.481 e. The maximum atomic E-state index is 11.8. The topological polar surface area (TPSA) is 109 Å². The van der Waals surface area contributed by atoms with Crippen LogP contribution in [0.4, 0.5) is 0 Å². The van der Waals surface area contributed by atoms with Crippen LogP contribution in [0, 0.1) is 0 Å². The molecule has 1 heterocycles. The fourth-order valence-electron chi connectivity index (χ4n) is 2.23. The summed E-state index contributed by atoms with van der Waals surface area (Å²) in [5.74, 6) is -1.69. The second kappa shape index (κ2) is 5.77. The van der Waals surface area contributed by atoms with Gasteiger partial charge in [-0.15, -0.1) is 0 Å². The molecule has 1 aliphatic carbocycles. The Hall–Kier alpha value is -2.31. The zero-order valence-corrected chi connectivity index (χ0v) is 10.8. The molecule has 2 amide bonds. The van der Waals surface area contributed by atoms with E-state index in [1.54, 1.807) is 6.07 Å². The molecule has 1 fully saturated rings. The standard InChI is InChI=1S/C13H16N2O5/c16-10(8-14-12(19)9-3-1-6-20-9)15-13(4-2-5-13)7-11(17)18/h1,3,6H,2,4-5,7-8H2,(H,14,19)(H,15,16)(H,17,18). The third-order valence-corrected chi connectivity index (χ3v) is 3.36. The van der Waals surface area contributed by atoms with Crippen LogP contribution >= 0.6 is 0 Å². The minimum atomic E-state index is -0.940. The number of carboxylic acid groups (broad SMARTS) is 1. The number of rotatable bonds is 6. The van der Waals surface area contributed by atoms with Crippen molar-refractivity contribution in [2.75, 3.05) is 6.54 Å². The molecule has 7 nitrogen and oxygen atoms in total. The maximum Gasteiger partial charge on any atom is 0.305 e. The highest BCUT2D eigenvalue weighted by Crippen LogP contribution is 2.34. The van der Waals surface area contributed by atoms with Crippen molar-refractivity contribution in [3.8, 4) is 0 Å². The lowest BCUT2D eigenvalue weighted by Gasteiger charge is -2.41. The van der Waals surface area contributed by atoms with E-state index in [4.69, 9.17) is 9.52 Å². The molecular weight excluding hydrogens is 264 g/mol. The Morgan fingerprint density at radius 2 is 2.10 bits per heavy atom. The number of carbonyl (C=O) groups is 3. The minimum absolute atomic E-state index is 0.0924. The first-order valence-corrected chi connectivity index (χ1v) is 6.35. The molecule has 1 aliphatic rings. The smallest absolute Gasteiger partial charge is 0.305 e. The first kappa shape index (κ1) is 14.1. The average Bonchev–Trinajstić information content (AvgIpc) is 2.86. The van der Waals surface area contributed by atoms with Crippen LogP contribution in [-0.2, 0) is 9.59 Å². The summed E-state index contributed by atoms with van der Waals surface area (Å²) in [6, 6.07) is 3.07. The van der Waals surface area contributed by atoms with Crippen LogP contribution in [0.3, 0.4) is 0 Å². The Kier molecular flexibility index (Phi) is 4.07. The molecule has 20 heavy (non-hydrogen) atoms. The zero-order chi connectivity index (χ0) is 14.6.